The molecule has 184 valence electrons. The van der Waals surface area contributed by atoms with Gasteiger partial charge in [0.1, 0.15) is 5.65 Å². The summed E-state index contributed by atoms with van der Waals surface area (Å²) in [5, 5.41) is 1.64. The normalized spacial score (nSPS) is 14.4. The van der Waals surface area contributed by atoms with Crippen LogP contribution in [0.3, 0.4) is 0 Å². The first-order valence-corrected chi connectivity index (χ1v) is 12.7. The molecule has 1 N–H and O–H groups in total. The third kappa shape index (κ3) is 4.57. The third-order valence-electron chi connectivity index (χ3n) is 7.28. The molecule has 2 aromatic heterocycles. The lowest BCUT2D eigenvalue weighted by Gasteiger charge is -2.34. The maximum absolute atomic E-state index is 12.2. The van der Waals surface area contributed by atoms with Crippen LogP contribution in [0.15, 0.2) is 61.3 Å². The van der Waals surface area contributed by atoms with Crippen molar-refractivity contribution in [3.05, 3.63) is 83.0 Å². The van der Waals surface area contributed by atoms with Crippen molar-refractivity contribution in [2.75, 3.05) is 38.1 Å². The molecule has 0 amide bonds. The number of allylic oxidation sites excluding steroid dienone is 1. The number of nitrogens with zero attached hydrogens (tertiary/aromatic N) is 3. The van der Waals surface area contributed by atoms with E-state index in [2.05, 4.69) is 75.9 Å². The highest BCUT2D eigenvalue weighted by Crippen LogP contribution is 2.41. The number of anilines is 1. The molecule has 5 nitrogen and oxygen atoms in total. The van der Waals surface area contributed by atoms with Gasteiger partial charge < -0.3 is 14.8 Å². The van der Waals surface area contributed by atoms with Crippen LogP contribution in [-0.4, -0.2) is 53.9 Å². The van der Waals surface area contributed by atoms with Crippen molar-refractivity contribution in [2.24, 2.45) is 0 Å². The van der Waals surface area contributed by atoms with E-state index in [1.807, 2.05) is 13.8 Å². The van der Waals surface area contributed by atoms with Crippen LogP contribution >= 0.6 is 11.6 Å². The summed E-state index contributed by atoms with van der Waals surface area (Å²) in [5.74, 6) is 0.00906. The molecule has 4 aromatic rings. The van der Waals surface area contributed by atoms with Gasteiger partial charge in [0.15, 0.2) is 5.78 Å². The first-order chi connectivity index (χ1) is 17.4. The Balaban J connectivity index is 1.63. The quantitative estimate of drug-likeness (QED) is 0.321. The summed E-state index contributed by atoms with van der Waals surface area (Å²) in [4.78, 5) is 25.1. The van der Waals surface area contributed by atoms with Crippen LogP contribution in [0.2, 0.25) is 5.02 Å². The third-order valence-corrected chi connectivity index (χ3v) is 7.66. The monoisotopic (exact) mass is 498 g/mol. The average Bonchev–Trinajstić information content (AvgIpc) is 3.28. The molecule has 1 saturated heterocycles. The fraction of sp³-hybridized carbons (Fsp3) is 0.267. The van der Waals surface area contributed by atoms with Gasteiger partial charge in [-0.2, -0.15) is 0 Å². The van der Waals surface area contributed by atoms with Gasteiger partial charge in [-0.05, 0) is 66.9 Å². The number of likely N-dealkylation sites (N-methyl/N-ethyl adjacent to an activating group) is 1. The summed E-state index contributed by atoms with van der Waals surface area (Å²) in [6, 6.07) is 15.1. The molecule has 0 radical (unpaired) electrons. The summed E-state index contributed by atoms with van der Waals surface area (Å²) in [6.07, 6.45) is 3.42. The predicted octanol–water partition coefficient (Wildman–Crippen LogP) is 6.22. The summed E-state index contributed by atoms with van der Waals surface area (Å²) in [5.41, 5.74) is 9.27. The van der Waals surface area contributed by atoms with E-state index in [9.17, 15) is 4.79 Å². The number of rotatable bonds is 6. The number of carbonyl (C=O) groups excluding carboxylic acids is 1. The summed E-state index contributed by atoms with van der Waals surface area (Å²) in [7, 11) is 2.17. The number of aromatic amines is 1. The van der Waals surface area contributed by atoms with Gasteiger partial charge in [0.25, 0.3) is 0 Å². The Morgan fingerprint density at radius 3 is 2.47 bits per heavy atom. The Bertz CT molecular complexity index is 1450. The van der Waals surface area contributed by atoms with Gasteiger partial charge in [-0.15, -0.1) is 0 Å². The van der Waals surface area contributed by atoms with Crippen molar-refractivity contribution < 1.29 is 4.79 Å². The van der Waals surface area contributed by atoms with E-state index in [0.29, 0.717) is 11.4 Å². The van der Waals surface area contributed by atoms with Crippen LogP contribution in [0.5, 0.6) is 0 Å². The molecule has 36 heavy (non-hydrogen) atoms. The maximum atomic E-state index is 12.2. The number of halogens is 1. The first kappa shape index (κ1) is 24.3. The number of fused-ring (bicyclic) bond motifs is 1. The van der Waals surface area contributed by atoms with E-state index < -0.39 is 0 Å². The molecule has 0 unspecified atom stereocenters. The fourth-order valence-corrected chi connectivity index (χ4v) is 5.12. The van der Waals surface area contributed by atoms with Gasteiger partial charge in [0.05, 0.1) is 10.7 Å². The Hall–Kier alpha value is -3.41. The minimum Gasteiger partial charge on any atom is -0.369 e. The summed E-state index contributed by atoms with van der Waals surface area (Å²) >= 11 is 6.52. The number of carbonyl (C=O) groups is 1. The smallest absolute Gasteiger partial charge is 0.159 e. The molecule has 0 bridgehead atoms. The standard InChI is InChI=1S/C30H31ClN4O/c1-5-25(36)17-23-16-22(7-6-19(23)2)28-27-20(3)26(31)18-32-30(27)33-29(28)21-8-10-24(11-9-21)35-14-12-34(4)13-15-35/h5-11,16,18H,1,12-15,17H2,2-4H3,(H,32,33). The molecule has 0 spiro atoms. The predicted molar refractivity (Wildman–Crippen MR) is 150 cm³/mol. The molecular weight excluding hydrogens is 468 g/mol. The number of ketones is 1. The fourth-order valence-electron chi connectivity index (χ4n) is 4.97. The molecule has 1 aliphatic heterocycles. The Labute approximate surface area is 217 Å². The molecule has 0 saturated carbocycles. The van der Waals surface area contributed by atoms with E-state index >= 15 is 0 Å². The van der Waals surface area contributed by atoms with Crippen LogP contribution in [0.1, 0.15) is 16.7 Å². The van der Waals surface area contributed by atoms with Crippen LogP contribution in [0, 0.1) is 13.8 Å². The zero-order chi connectivity index (χ0) is 25.4. The zero-order valence-corrected chi connectivity index (χ0v) is 21.8. The lowest BCUT2D eigenvalue weighted by Crippen LogP contribution is -2.44. The van der Waals surface area contributed by atoms with E-state index in [1.165, 1.54) is 11.8 Å². The van der Waals surface area contributed by atoms with Gasteiger partial charge in [-0.3, -0.25) is 4.79 Å². The van der Waals surface area contributed by atoms with E-state index in [-0.39, 0.29) is 5.78 Å². The van der Waals surface area contributed by atoms with Crippen molar-refractivity contribution >= 4 is 34.1 Å². The number of piperazine rings is 1. The molecule has 6 heteroatoms. The van der Waals surface area contributed by atoms with Crippen LogP contribution in [-0.2, 0) is 11.2 Å². The number of nitrogens with one attached hydrogen (secondary N) is 1. The van der Waals surface area contributed by atoms with Crippen LogP contribution < -0.4 is 4.90 Å². The van der Waals surface area contributed by atoms with Crippen molar-refractivity contribution in [2.45, 2.75) is 20.3 Å². The second-order valence-electron chi connectivity index (χ2n) is 9.66. The molecule has 0 atom stereocenters. The number of aryl methyl sites for hydroxylation is 2. The van der Waals surface area contributed by atoms with Gasteiger partial charge >= 0.3 is 0 Å². The van der Waals surface area contributed by atoms with Crippen molar-refractivity contribution in [1.82, 2.24) is 14.9 Å². The van der Waals surface area contributed by atoms with Gasteiger partial charge in [0.2, 0.25) is 0 Å². The van der Waals surface area contributed by atoms with E-state index in [0.717, 1.165) is 76.3 Å². The Morgan fingerprint density at radius 1 is 1.08 bits per heavy atom. The number of pyridine rings is 1. The lowest BCUT2D eigenvalue weighted by molar-refractivity contribution is -0.114. The lowest BCUT2D eigenvalue weighted by atomic mass is 9.93. The van der Waals surface area contributed by atoms with Crippen LogP contribution in [0.25, 0.3) is 33.4 Å². The van der Waals surface area contributed by atoms with Gasteiger partial charge in [0, 0.05) is 55.4 Å². The molecule has 0 aliphatic carbocycles. The highest BCUT2D eigenvalue weighted by Gasteiger charge is 2.21. The molecule has 2 aromatic carbocycles. The molecule has 1 fully saturated rings. The summed E-state index contributed by atoms with van der Waals surface area (Å²) < 4.78 is 0. The van der Waals surface area contributed by atoms with Crippen LogP contribution in [0.4, 0.5) is 5.69 Å². The number of hydrogen-bond donors (Lipinski definition) is 1. The molecule has 5 rings (SSSR count). The van der Waals surface area contributed by atoms with Crippen molar-refractivity contribution in [3.63, 3.8) is 0 Å². The number of benzene rings is 2. The SMILES string of the molecule is C=CC(=O)Cc1cc(-c2c(-c3ccc(N4CCN(C)CC4)cc3)[nH]c3ncc(Cl)c(C)c23)ccc1C. The number of H-pyrrole nitrogens is 1. The summed E-state index contributed by atoms with van der Waals surface area (Å²) in [6.45, 7) is 11.9. The average molecular weight is 499 g/mol. The minimum atomic E-state index is 0.00906. The Kier molecular flexibility index (Phi) is 6.69. The Morgan fingerprint density at radius 2 is 1.78 bits per heavy atom. The molecule has 3 heterocycles. The molecular formula is C30H31ClN4O. The maximum Gasteiger partial charge on any atom is 0.159 e. The van der Waals surface area contributed by atoms with Crippen molar-refractivity contribution in [3.8, 4) is 22.4 Å². The number of aromatic nitrogens is 2. The first-order valence-electron chi connectivity index (χ1n) is 12.3. The zero-order valence-electron chi connectivity index (χ0n) is 21.1. The largest absolute Gasteiger partial charge is 0.369 e. The topological polar surface area (TPSA) is 52.2 Å². The van der Waals surface area contributed by atoms with E-state index in [1.54, 1.807) is 6.20 Å². The highest BCUT2D eigenvalue weighted by atomic mass is 35.5. The minimum absolute atomic E-state index is 0.00906. The van der Waals surface area contributed by atoms with E-state index in [4.69, 9.17) is 11.6 Å². The molecule has 1 aliphatic rings. The van der Waals surface area contributed by atoms with Gasteiger partial charge in [-0.25, -0.2) is 4.98 Å². The second-order valence-corrected chi connectivity index (χ2v) is 10.1. The highest BCUT2D eigenvalue weighted by molar-refractivity contribution is 6.32. The van der Waals surface area contributed by atoms with Crippen molar-refractivity contribution in [1.29, 1.82) is 0 Å². The second kappa shape index (κ2) is 9.92. The van der Waals surface area contributed by atoms with Gasteiger partial charge in [-0.1, -0.05) is 48.5 Å². The number of hydrogen-bond acceptors (Lipinski definition) is 4.